The third kappa shape index (κ3) is 3.59. The summed E-state index contributed by atoms with van der Waals surface area (Å²) in [5, 5.41) is 9.44. The first-order chi connectivity index (χ1) is 13.1. The van der Waals surface area contributed by atoms with Crippen molar-refractivity contribution in [1.29, 1.82) is 0 Å². The number of nitrogens with one attached hydrogen (secondary N) is 1. The molecule has 0 radical (unpaired) electrons. The molecule has 0 bridgehead atoms. The summed E-state index contributed by atoms with van der Waals surface area (Å²) in [6.45, 7) is 3.44. The number of carboxylic acids is 1. The molecule has 0 aliphatic carbocycles. The summed E-state index contributed by atoms with van der Waals surface area (Å²) in [5.74, 6) is -0.182. The van der Waals surface area contributed by atoms with Crippen molar-refractivity contribution in [2.45, 2.75) is 32.4 Å². The number of rotatable bonds is 5. The molecular weight excluding hydrogens is 342 g/mol. The van der Waals surface area contributed by atoms with Crippen molar-refractivity contribution in [2.75, 3.05) is 6.54 Å². The average Bonchev–Trinajstić information content (AvgIpc) is 3.31. The maximum absolute atomic E-state index is 11.5. The van der Waals surface area contributed by atoms with Gasteiger partial charge in [0.2, 0.25) is 0 Å². The highest BCUT2D eigenvalue weighted by Gasteiger charge is 2.28. The minimum atomic E-state index is -0.892. The summed E-state index contributed by atoms with van der Waals surface area (Å²) >= 11 is 0. The Hall–Kier alpha value is -3.06. The Labute approximate surface area is 157 Å². The summed E-state index contributed by atoms with van der Waals surface area (Å²) in [5.41, 5.74) is 3.77. The van der Waals surface area contributed by atoms with Crippen LogP contribution in [0.3, 0.4) is 0 Å². The Balaban J connectivity index is 1.60. The van der Waals surface area contributed by atoms with Gasteiger partial charge in [-0.05, 0) is 37.9 Å². The largest absolute Gasteiger partial charge is 0.478 e. The van der Waals surface area contributed by atoms with Crippen molar-refractivity contribution in [3.63, 3.8) is 0 Å². The summed E-state index contributed by atoms with van der Waals surface area (Å²) in [4.78, 5) is 30.4. The molecule has 4 rings (SSSR count). The van der Waals surface area contributed by atoms with Crippen LogP contribution in [-0.2, 0) is 6.54 Å². The number of likely N-dealkylation sites (tertiary alicyclic amines) is 1. The fraction of sp³-hybridized carbons (Fsp3) is 0.300. The molecule has 0 spiro atoms. The lowest BCUT2D eigenvalue weighted by atomic mass is 10.1. The highest BCUT2D eigenvalue weighted by atomic mass is 16.4. The second kappa shape index (κ2) is 7.28. The molecule has 0 unspecified atom stereocenters. The Kier molecular flexibility index (Phi) is 4.68. The number of carbonyl (C=O) groups is 1. The lowest BCUT2D eigenvalue weighted by molar-refractivity contribution is 0.0694. The monoisotopic (exact) mass is 363 g/mol. The summed E-state index contributed by atoms with van der Waals surface area (Å²) in [7, 11) is 0. The van der Waals surface area contributed by atoms with Gasteiger partial charge >= 0.3 is 5.97 Å². The molecule has 1 aliphatic heterocycles. The van der Waals surface area contributed by atoms with E-state index in [1.54, 1.807) is 30.7 Å². The number of H-pyrrole nitrogens is 1. The summed E-state index contributed by atoms with van der Waals surface area (Å²) in [6, 6.07) is 7.30. The molecule has 27 heavy (non-hydrogen) atoms. The van der Waals surface area contributed by atoms with Crippen LogP contribution in [0.25, 0.3) is 11.5 Å². The molecule has 2 aromatic heterocycles. The quantitative estimate of drug-likeness (QED) is 0.723. The molecule has 1 aliphatic rings. The van der Waals surface area contributed by atoms with E-state index < -0.39 is 5.97 Å². The first-order valence-corrected chi connectivity index (χ1v) is 9.01. The van der Waals surface area contributed by atoms with Gasteiger partial charge < -0.3 is 10.1 Å². The number of hydrogen-bond acceptors (Lipinski definition) is 5. The molecule has 0 amide bonds. The van der Waals surface area contributed by atoms with Crippen LogP contribution in [0.15, 0.2) is 42.9 Å². The zero-order valence-corrected chi connectivity index (χ0v) is 15.1. The van der Waals surface area contributed by atoms with Gasteiger partial charge in [0.1, 0.15) is 5.69 Å². The number of aromatic amines is 1. The van der Waals surface area contributed by atoms with Crippen LogP contribution in [0.5, 0.6) is 0 Å². The Morgan fingerprint density at radius 3 is 2.93 bits per heavy atom. The van der Waals surface area contributed by atoms with Gasteiger partial charge in [0.25, 0.3) is 0 Å². The number of aromatic carboxylic acids is 1. The van der Waals surface area contributed by atoms with Gasteiger partial charge in [0.05, 0.1) is 29.7 Å². The minimum Gasteiger partial charge on any atom is -0.478 e. The van der Waals surface area contributed by atoms with Crippen molar-refractivity contribution in [3.05, 3.63) is 65.4 Å². The van der Waals surface area contributed by atoms with Crippen molar-refractivity contribution in [1.82, 2.24) is 24.8 Å². The van der Waals surface area contributed by atoms with E-state index >= 15 is 0 Å². The van der Waals surface area contributed by atoms with E-state index in [4.69, 9.17) is 4.98 Å². The molecule has 1 fully saturated rings. The van der Waals surface area contributed by atoms with E-state index in [0.717, 1.165) is 42.0 Å². The minimum absolute atomic E-state index is 0.121. The molecule has 0 saturated carbocycles. The zero-order valence-electron chi connectivity index (χ0n) is 15.1. The number of hydrogen-bond donors (Lipinski definition) is 2. The highest BCUT2D eigenvalue weighted by molar-refractivity contribution is 5.89. The Bertz CT molecular complexity index is 968. The number of nitrogens with zero attached hydrogens (tertiary/aromatic N) is 4. The first-order valence-electron chi connectivity index (χ1n) is 9.01. The third-order valence-electron chi connectivity index (χ3n) is 4.92. The van der Waals surface area contributed by atoms with E-state index in [-0.39, 0.29) is 6.04 Å². The van der Waals surface area contributed by atoms with Gasteiger partial charge in [0.15, 0.2) is 5.82 Å². The molecule has 2 N–H and O–H groups in total. The molecule has 1 aromatic carbocycles. The van der Waals surface area contributed by atoms with Gasteiger partial charge in [-0.1, -0.05) is 18.2 Å². The van der Waals surface area contributed by atoms with Crippen LogP contribution in [0.1, 0.15) is 46.2 Å². The molecule has 7 heteroatoms. The Morgan fingerprint density at radius 1 is 1.30 bits per heavy atom. The van der Waals surface area contributed by atoms with Crippen molar-refractivity contribution >= 4 is 5.97 Å². The highest BCUT2D eigenvalue weighted by Crippen LogP contribution is 2.33. The van der Waals surface area contributed by atoms with Gasteiger partial charge in [-0.3, -0.25) is 9.88 Å². The van der Waals surface area contributed by atoms with Crippen LogP contribution in [-0.4, -0.2) is 42.5 Å². The van der Waals surface area contributed by atoms with Crippen LogP contribution >= 0.6 is 0 Å². The maximum atomic E-state index is 11.5. The zero-order chi connectivity index (χ0) is 18.8. The standard InChI is InChI=1S/C20H21N5O2/c1-13-9-22-19(23-13)17-11-21-10-16(24-17)18-7-4-8-25(18)12-14-5-2-3-6-15(14)20(26)27/h2-3,5-6,9-11,18H,4,7-8,12H2,1H3,(H,22,23)(H,26,27)/t18-/m0/s1. The Morgan fingerprint density at radius 2 is 2.15 bits per heavy atom. The van der Waals surface area contributed by atoms with Crippen LogP contribution in [0.4, 0.5) is 0 Å². The topological polar surface area (TPSA) is 95.0 Å². The van der Waals surface area contributed by atoms with Gasteiger partial charge in [-0.2, -0.15) is 0 Å². The molecule has 1 saturated heterocycles. The number of aryl methyl sites for hydroxylation is 1. The van der Waals surface area contributed by atoms with E-state index in [9.17, 15) is 9.90 Å². The summed E-state index contributed by atoms with van der Waals surface area (Å²) < 4.78 is 0. The second-order valence-electron chi connectivity index (χ2n) is 6.83. The first kappa shape index (κ1) is 17.4. The molecule has 138 valence electrons. The van der Waals surface area contributed by atoms with Crippen molar-refractivity contribution in [3.8, 4) is 11.5 Å². The molecule has 1 atom stereocenters. The fourth-order valence-electron chi connectivity index (χ4n) is 3.63. The number of aromatic nitrogens is 4. The predicted molar refractivity (Wildman–Crippen MR) is 100 cm³/mol. The van der Waals surface area contributed by atoms with Gasteiger partial charge in [0, 0.05) is 18.4 Å². The third-order valence-corrected chi connectivity index (χ3v) is 4.92. The number of carboxylic acid groups (broad SMARTS) is 1. The van der Waals surface area contributed by atoms with E-state index in [0.29, 0.717) is 17.9 Å². The van der Waals surface area contributed by atoms with Crippen LogP contribution in [0.2, 0.25) is 0 Å². The predicted octanol–water partition coefficient (Wildman–Crippen LogP) is 3.21. The average molecular weight is 363 g/mol. The van der Waals surface area contributed by atoms with Crippen LogP contribution < -0.4 is 0 Å². The molecular formula is C20H21N5O2. The molecule has 3 aromatic rings. The molecule has 7 nitrogen and oxygen atoms in total. The van der Waals surface area contributed by atoms with E-state index in [2.05, 4.69) is 19.9 Å². The van der Waals surface area contributed by atoms with Crippen molar-refractivity contribution < 1.29 is 9.90 Å². The lowest BCUT2D eigenvalue weighted by Crippen LogP contribution is -2.24. The maximum Gasteiger partial charge on any atom is 0.336 e. The van der Waals surface area contributed by atoms with Crippen LogP contribution in [0, 0.1) is 6.92 Å². The normalized spacial score (nSPS) is 17.3. The van der Waals surface area contributed by atoms with Gasteiger partial charge in [-0.25, -0.2) is 14.8 Å². The van der Waals surface area contributed by atoms with Crippen molar-refractivity contribution in [2.24, 2.45) is 0 Å². The summed E-state index contributed by atoms with van der Waals surface area (Å²) in [6.07, 6.45) is 7.30. The molecule has 3 heterocycles. The van der Waals surface area contributed by atoms with Gasteiger partial charge in [-0.15, -0.1) is 0 Å². The number of benzene rings is 1. The number of imidazole rings is 1. The SMILES string of the molecule is Cc1cnc(-c2cncc([C@@H]3CCCN3Cc3ccccc3C(=O)O)n2)[nH]1. The van der Waals surface area contributed by atoms with E-state index in [1.165, 1.54) is 0 Å². The lowest BCUT2D eigenvalue weighted by Gasteiger charge is -2.24. The second-order valence-corrected chi connectivity index (χ2v) is 6.83. The van der Waals surface area contributed by atoms with E-state index in [1.807, 2.05) is 19.1 Å². The smallest absolute Gasteiger partial charge is 0.336 e. The fourth-order valence-corrected chi connectivity index (χ4v) is 3.63.